The van der Waals surface area contributed by atoms with E-state index in [0.717, 1.165) is 11.1 Å². The number of hydrogen-bond donors (Lipinski definition) is 1. The van der Waals surface area contributed by atoms with Crippen molar-refractivity contribution in [3.63, 3.8) is 0 Å². The molecule has 104 valence electrons. The van der Waals surface area contributed by atoms with Crippen LogP contribution in [0.15, 0.2) is 21.3 Å². The van der Waals surface area contributed by atoms with Crippen LogP contribution in [0.5, 0.6) is 5.75 Å². The Hall–Kier alpha value is -2.63. The number of carbonyl (C=O) groups is 2. The second kappa shape index (κ2) is 5.16. The van der Waals surface area contributed by atoms with Crippen LogP contribution in [0.25, 0.3) is 11.0 Å². The highest BCUT2D eigenvalue weighted by Crippen LogP contribution is 2.28. The first kappa shape index (κ1) is 13.8. The zero-order chi connectivity index (χ0) is 14.9. The van der Waals surface area contributed by atoms with Crippen molar-refractivity contribution in [2.24, 2.45) is 0 Å². The van der Waals surface area contributed by atoms with Crippen molar-refractivity contribution in [3.05, 3.63) is 33.5 Å². The van der Waals surface area contributed by atoms with Gasteiger partial charge in [-0.15, -0.1) is 0 Å². The molecular weight excluding hydrogens is 262 g/mol. The molecular formula is C14H13NO5. The fraction of sp³-hybridized carbons (Fsp3) is 0.214. The third kappa shape index (κ3) is 2.16. The lowest BCUT2D eigenvalue weighted by Gasteiger charge is -2.10. The number of nitrogens with one attached hydrogen (secondary N) is 1. The van der Waals surface area contributed by atoms with Gasteiger partial charge in [0, 0.05) is 0 Å². The minimum atomic E-state index is -0.920. The number of rotatable bonds is 3. The van der Waals surface area contributed by atoms with E-state index < -0.39 is 11.3 Å². The third-order valence-corrected chi connectivity index (χ3v) is 2.95. The Balaban J connectivity index is 2.83. The molecule has 0 fully saturated rings. The van der Waals surface area contributed by atoms with Crippen LogP contribution >= 0.6 is 0 Å². The predicted molar refractivity (Wildman–Crippen MR) is 73.2 cm³/mol. The smallest absolute Gasteiger partial charge is 0.290 e. The number of aryl methyl sites for hydroxylation is 2. The molecule has 0 aliphatic heterocycles. The molecule has 2 rings (SSSR count). The number of carbonyl (C=O) groups excluding carboxylic acids is 2. The second-order valence-corrected chi connectivity index (χ2v) is 4.30. The normalized spacial score (nSPS) is 10.3. The monoisotopic (exact) mass is 275 g/mol. The lowest BCUT2D eigenvalue weighted by atomic mass is 10.1. The molecule has 1 aromatic heterocycles. The van der Waals surface area contributed by atoms with Crippen LogP contribution in [-0.4, -0.2) is 19.3 Å². The highest BCUT2D eigenvalue weighted by atomic mass is 16.5. The van der Waals surface area contributed by atoms with Crippen molar-refractivity contribution in [2.45, 2.75) is 13.8 Å². The zero-order valence-electron chi connectivity index (χ0n) is 11.3. The van der Waals surface area contributed by atoms with Gasteiger partial charge in [-0.2, -0.15) is 0 Å². The summed E-state index contributed by atoms with van der Waals surface area (Å²) in [6, 6.07) is 3.61. The van der Waals surface area contributed by atoms with Crippen LogP contribution in [0.4, 0.5) is 5.88 Å². The molecule has 0 aliphatic carbocycles. The van der Waals surface area contributed by atoms with Crippen molar-refractivity contribution < 1.29 is 18.7 Å². The first-order valence-electron chi connectivity index (χ1n) is 5.86. The van der Waals surface area contributed by atoms with Gasteiger partial charge in [-0.25, -0.2) is 0 Å². The molecule has 0 atom stereocenters. The quantitative estimate of drug-likeness (QED) is 0.678. The molecule has 0 unspecified atom stereocenters. The predicted octanol–water partition coefficient (Wildman–Crippen LogP) is 1.56. The number of amides is 1. The molecule has 1 N–H and O–H groups in total. The molecule has 6 nitrogen and oxygen atoms in total. The molecule has 20 heavy (non-hydrogen) atoms. The maximum absolute atomic E-state index is 12.4. The van der Waals surface area contributed by atoms with Gasteiger partial charge in [0.05, 0.1) is 12.5 Å². The van der Waals surface area contributed by atoms with Gasteiger partial charge in [0.2, 0.25) is 23.3 Å². The van der Waals surface area contributed by atoms with Crippen molar-refractivity contribution in [1.82, 2.24) is 0 Å². The van der Waals surface area contributed by atoms with E-state index in [2.05, 4.69) is 5.32 Å². The molecule has 0 saturated heterocycles. The highest BCUT2D eigenvalue weighted by Gasteiger charge is 2.19. The Morgan fingerprint density at radius 3 is 2.55 bits per heavy atom. The summed E-state index contributed by atoms with van der Waals surface area (Å²) in [7, 11) is 1.29. The average Bonchev–Trinajstić information content (AvgIpc) is 2.42. The van der Waals surface area contributed by atoms with E-state index in [4.69, 9.17) is 9.15 Å². The minimum absolute atomic E-state index is 0.0900. The van der Waals surface area contributed by atoms with E-state index in [1.165, 1.54) is 7.11 Å². The summed E-state index contributed by atoms with van der Waals surface area (Å²) in [5.74, 6) is -1.23. The minimum Gasteiger partial charge on any atom is -0.488 e. The van der Waals surface area contributed by atoms with Gasteiger partial charge >= 0.3 is 0 Å². The number of ether oxygens (including phenoxy) is 1. The van der Waals surface area contributed by atoms with E-state index in [1.54, 1.807) is 26.0 Å². The SMILES string of the molecule is COc1c(NC(=O)C=O)oc2c(C)ccc(C)c2c1=O. The van der Waals surface area contributed by atoms with Gasteiger partial charge < -0.3 is 9.15 Å². The maximum atomic E-state index is 12.4. The third-order valence-electron chi connectivity index (χ3n) is 2.95. The van der Waals surface area contributed by atoms with Gasteiger partial charge in [0.15, 0.2) is 0 Å². The summed E-state index contributed by atoms with van der Waals surface area (Å²) in [6.45, 7) is 3.56. The molecule has 1 heterocycles. The highest BCUT2D eigenvalue weighted by molar-refractivity contribution is 6.29. The maximum Gasteiger partial charge on any atom is 0.290 e. The van der Waals surface area contributed by atoms with E-state index in [1.807, 2.05) is 0 Å². The molecule has 1 amide bonds. The van der Waals surface area contributed by atoms with E-state index in [0.29, 0.717) is 11.0 Å². The van der Waals surface area contributed by atoms with Crippen LogP contribution < -0.4 is 15.5 Å². The Kier molecular flexibility index (Phi) is 3.56. The summed E-state index contributed by atoms with van der Waals surface area (Å²) in [4.78, 5) is 34.0. The summed E-state index contributed by atoms with van der Waals surface area (Å²) in [5.41, 5.74) is 1.45. The number of anilines is 1. The van der Waals surface area contributed by atoms with Crippen molar-refractivity contribution >= 4 is 29.0 Å². The van der Waals surface area contributed by atoms with Crippen molar-refractivity contribution in [3.8, 4) is 5.75 Å². The molecule has 2 aromatic rings. The van der Waals surface area contributed by atoms with Crippen LogP contribution in [0.1, 0.15) is 11.1 Å². The topological polar surface area (TPSA) is 85.6 Å². The summed E-state index contributed by atoms with van der Waals surface area (Å²) in [6.07, 6.45) is 0.0900. The average molecular weight is 275 g/mol. The van der Waals surface area contributed by atoms with Crippen molar-refractivity contribution in [1.29, 1.82) is 0 Å². The Morgan fingerprint density at radius 2 is 1.95 bits per heavy atom. The van der Waals surface area contributed by atoms with E-state index >= 15 is 0 Å². The second-order valence-electron chi connectivity index (χ2n) is 4.30. The molecule has 0 radical (unpaired) electrons. The van der Waals surface area contributed by atoms with Crippen molar-refractivity contribution in [2.75, 3.05) is 12.4 Å². The Morgan fingerprint density at radius 1 is 1.30 bits per heavy atom. The van der Waals surface area contributed by atoms with E-state index in [9.17, 15) is 14.4 Å². The van der Waals surface area contributed by atoms with Crippen LogP contribution in [-0.2, 0) is 9.59 Å². The van der Waals surface area contributed by atoms with Gasteiger partial charge in [-0.3, -0.25) is 19.7 Å². The van der Waals surface area contributed by atoms with Gasteiger partial charge in [-0.05, 0) is 25.0 Å². The molecule has 0 saturated carbocycles. The molecule has 0 bridgehead atoms. The van der Waals surface area contributed by atoms with E-state index in [-0.39, 0.29) is 17.9 Å². The number of fused-ring (bicyclic) bond motifs is 1. The van der Waals surface area contributed by atoms with Gasteiger partial charge in [0.1, 0.15) is 5.58 Å². The van der Waals surface area contributed by atoms with Gasteiger partial charge in [-0.1, -0.05) is 12.1 Å². The first-order valence-corrected chi connectivity index (χ1v) is 5.86. The summed E-state index contributed by atoms with van der Waals surface area (Å²) in [5, 5.41) is 2.59. The standard InChI is InChI=1S/C14H13NO5/c1-7-4-5-8(2)12-10(7)11(18)13(19-3)14(20-12)15-9(17)6-16/h4-6H,1-3H3,(H,15,17). The fourth-order valence-corrected chi connectivity index (χ4v) is 1.97. The lowest BCUT2D eigenvalue weighted by molar-refractivity contribution is -0.127. The number of benzene rings is 1. The number of hydrogen-bond acceptors (Lipinski definition) is 5. The Bertz CT molecular complexity index is 760. The van der Waals surface area contributed by atoms with Crippen LogP contribution in [0, 0.1) is 13.8 Å². The molecule has 0 spiro atoms. The molecule has 0 aliphatic rings. The number of methoxy groups -OCH3 is 1. The molecule has 6 heteroatoms. The zero-order valence-corrected chi connectivity index (χ0v) is 11.3. The number of aldehydes is 1. The van der Waals surface area contributed by atoms with Crippen LogP contribution in [0.2, 0.25) is 0 Å². The fourth-order valence-electron chi connectivity index (χ4n) is 1.97. The lowest BCUT2D eigenvalue weighted by Crippen LogP contribution is -2.17. The van der Waals surface area contributed by atoms with Gasteiger partial charge in [0.25, 0.3) is 5.91 Å². The van der Waals surface area contributed by atoms with Crippen LogP contribution in [0.3, 0.4) is 0 Å². The Labute approximate surface area is 114 Å². The first-order chi connectivity index (χ1) is 9.49. The summed E-state index contributed by atoms with van der Waals surface area (Å²) >= 11 is 0. The molecule has 1 aromatic carbocycles. The largest absolute Gasteiger partial charge is 0.488 e. The summed E-state index contributed by atoms with van der Waals surface area (Å²) < 4.78 is 10.5.